The van der Waals surface area contributed by atoms with Crippen LogP contribution in [0.3, 0.4) is 0 Å². The van der Waals surface area contributed by atoms with E-state index in [0.29, 0.717) is 18.2 Å². The number of nitrogens with two attached hydrogens (primary N) is 1. The number of hydrogen-bond donors (Lipinski definition) is 2. The molecule has 2 aliphatic rings. The molecular weight excluding hydrogens is 408 g/mol. The fraction of sp³-hybridized carbons (Fsp3) is 0.500. The zero-order valence-corrected chi connectivity index (χ0v) is 18.4. The predicted octanol–water partition coefficient (Wildman–Crippen LogP) is 2.18. The van der Waals surface area contributed by atoms with Crippen molar-refractivity contribution in [1.82, 2.24) is 29.6 Å². The second kappa shape index (κ2) is 8.34. The molecule has 0 radical (unpaired) electrons. The molecule has 1 saturated carbocycles. The van der Waals surface area contributed by atoms with Crippen LogP contribution in [0, 0.1) is 5.92 Å². The number of primary amides is 1. The Kier molecular flexibility index (Phi) is 5.38. The Balaban J connectivity index is 1.45. The topological polar surface area (TPSA) is 124 Å². The fourth-order valence-electron chi connectivity index (χ4n) is 4.77. The van der Waals surface area contributed by atoms with Crippen LogP contribution in [0.5, 0.6) is 5.88 Å². The van der Waals surface area contributed by atoms with Gasteiger partial charge in [-0.25, -0.2) is 14.6 Å². The SMILES string of the molecule is COc1nc2c(cc1Nc1ncc3cnn([C@@H]4CCC[C@@H](C(N)=O)C4)c3n1)CN(C)CC2. The standard InChI is InChI=1S/C22H28N8O2/c1-29-7-6-17-14(12-29)9-18(21(26-17)32-2)27-22-24-10-15-11-25-30(20(15)28-22)16-5-3-4-13(8-16)19(23)31/h9-11,13,16H,3-8,12H2,1-2H3,(H2,23,31)(H,24,27,28)/t13-,16-/m1/s1. The number of aromatic nitrogens is 5. The third kappa shape index (κ3) is 3.86. The first kappa shape index (κ1) is 20.6. The van der Waals surface area contributed by atoms with Crippen LogP contribution in [0.15, 0.2) is 18.5 Å². The van der Waals surface area contributed by atoms with Crippen molar-refractivity contribution >= 4 is 28.6 Å². The summed E-state index contributed by atoms with van der Waals surface area (Å²) >= 11 is 0. The monoisotopic (exact) mass is 436 g/mol. The molecule has 5 rings (SSSR count). The molecule has 4 heterocycles. The summed E-state index contributed by atoms with van der Waals surface area (Å²) in [6, 6.07) is 2.16. The molecule has 3 aromatic heterocycles. The molecule has 3 aromatic rings. The molecule has 0 unspecified atom stereocenters. The Hall–Kier alpha value is -3.27. The normalized spacial score (nSPS) is 21.3. The number of amides is 1. The van der Waals surface area contributed by atoms with Crippen molar-refractivity contribution in [2.75, 3.05) is 26.0 Å². The summed E-state index contributed by atoms with van der Waals surface area (Å²) in [7, 11) is 3.72. The number of fused-ring (bicyclic) bond motifs is 2. The number of carbonyl (C=O) groups excluding carboxylic acids is 1. The van der Waals surface area contributed by atoms with E-state index >= 15 is 0 Å². The Morgan fingerprint density at radius 3 is 2.97 bits per heavy atom. The van der Waals surface area contributed by atoms with Gasteiger partial charge in [0.15, 0.2) is 5.65 Å². The third-order valence-corrected chi connectivity index (χ3v) is 6.50. The molecule has 0 saturated heterocycles. The Bertz CT molecular complexity index is 1160. The van der Waals surface area contributed by atoms with Gasteiger partial charge in [0, 0.05) is 31.6 Å². The molecule has 3 N–H and O–H groups in total. The maximum Gasteiger partial charge on any atom is 0.237 e. The Morgan fingerprint density at radius 1 is 1.28 bits per heavy atom. The number of rotatable bonds is 5. The van der Waals surface area contributed by atoms with Gasteiger partial charge in [0.25, 0.3) is 0 Å². The third-order valence-electron chi connectivity index (χ3n) is 6.50. The lowest BCUT2D eigenvalue weighted by atomic mass is 9.85. The largest absolute Gasteiger partial charge is 0.480 e. The number of anilines is 2. The molecule has 32 heavy (non-hydrogen) atoms. The number of pyridine rings is 1. The number of methoxy groups -OCH3 is 1. The summed E-state index contributed by atoms with van der Waals surface area (Å²) in [5, 5.41) is 8.69. The smallest absolute Gasteiger partial charge is 0.237 e. The van der Waals surface area contributed by atoms with Crippen LogP contribution < -0.4 is 15.8 Å². The van der Waals surface area contributed by atoms with Crippen molar-refractivity contribution < 1.29 is 9.53 Å². The molecule has 2 atom stereocenters. The van der Waals surface area contributed by atoms with Crippen molar-refractivity contribution in [3.05, 3.63) is 29.7 Å². The van der Waals surface area contributed by atoms with Gasteiger partial charge >= 0.3 is 0 Å². The van der Waals surface area contributed by atoms with Crippen LogP contribution in [0.4, 0.5) is 11.6 Å². The average Bonchev–Trinajstić information content (AvgIpc) is 3.22. The van der Waals surface area contributed by atoms with E-state index in [1.807, 2.05) is 4.68 Å². The quantitative estimate of drug-likeness (QED) is 0.624. The first-order chi connectivity index (χ1) is 15.5. The van der Waals surface area contributed by atoms with Crippen molar-refractivity contribution in [1.29, 1.82) is 0 Å². The van der Waals surface area contributed by atoms with Gasteiger partial charge in [-0.1, -0.05) is 6.42 Å². The highest BCUT2D eigenvalue weighted by Gasteiger charge is 2.28. The maximum atomic E-state index is 11.7. The van der Waals surface area contributed by atoms with E-state index in [-0.39, 0.29) is 17.9 Å². The van der Waals surface area contributed by atoms with E-state index in [9.17, 15) is 4.79 Å². The fourth-order valence-corrected chi connectivity index (χ4v) is 4.77. The van der Waals surface area contributed by atoms with E-state index < -0.39 is 0 Å². The van der Waals surface area contributed by atoms with Gasteiger partial charge in [-0.05, 0) is 37.9 Å². The van der Waals surface area contributed by atoms with E-state index in [0.717, 1.165) is 61.2 Å². The molecule has 1 amide bonds. The molecule has 1 aliphatic heterocycles. The van der Waals surface area contributed by atoms with Gasteiger partial charge in [-0.15, -0.1) is 0 Å². The Labute approximate surface area is 186 Å². The molecule has 1 aliphatic carbocycles. The van der Waals surface area contributed by atoms with Crippen LogP contribution in [-0.2, 0) is 17.8 Å². The van der Waals surface area contributed by atoms with E-state index in [1.54, 1.807) is 19.5 Å². The second-order valence-corrected chi connectivity index (χ2v) is 8.75. The van der Waals surface area contributed by atoms with E-state index in [1.165, 1.54) is 5.56 Å². The van der Waals surface area contributed by atoms with Crippen LogP contribution >= 0.6 is 0 Å². The number of nitrogens with one attached hydrogen (secondary N) is 1. The molecule has 168 valence electrons. The van der Waals surface area contributed by atoms with Gasteiger partial charge in [0.2, 0.25) is 17.7 Å². The molecule has 0 bridgehead atoms. The van der Waals surface area contributed by atoms with Gasteiger partial charge in [0.1, 0.15) is 5.69 Å². The summed E-state index contributed by atoms with van der Waals surface area (Å²) in [5.74, 6) is 0.630. The van der Waals surface area contributed by atoms with Crippen LogP contribution in [0.25, 0.3) is 11.0 Å². The lowest BCUT2D eigenvalue weighted by Gasteiger charge is -2.27. The summed E-state index contributed by atoms with van der Waals surface area (Å²) in [4.78, 5) is 27.9. The summed E-state index contributed by atoms with van der Waals surface area (Å²) < 4.78 is 7.44. The second-order valence-electron chi connectivity index (χ2n) is 8.75. The highest BCUT2D eigenvalue weighted by molar-refractivity contribution is 5.77. The van der Waals surface area contributed by atoms with Crippen molar-refractivity contribution in [3.63, 3.8) is 0 Å². The maximum absolute atomic E-state index is 11.7. The van der Waals surface area contributed by atoms with Crippen molar-refractivity contribution in [3.8, 4) is 5.88 Å². The van der Waals surface area contributed by atoms with Gasteiger partial charge in [-0.2, -0.15) is 10.1 Å². The van der Waals surface area contributed by atoms with Crippen molar-refractivity contribution in [2.24, 2.45) is 11.7 Å². The molecule has 1 fully saturated rings. The van der Waals surface area contributed by atoms with Gasteiger partial charge < -0.3 is 20.7 Å². The number of carbonyl (C=O) groups is 1. The highest BCUT2D eigenvalue weighted by Crippen LogP contribution is 2.34. The zero-order chi connectivity index (χ0) is 22.2. The first-order valence-corrected chi connectivity index (χ1v) is 11.0. The van der Waals surface area contributed by atoms with E-state index in [4.69, 9.17) is 20.4 Å². The highest BCUT2D eigenvalue weighted by atomic mass is 16.5. The Morgan fingerprint density at radius 2 is 2.16 bits per heavy atom. The van der Waals surface area contributed by atoms with Crippen LogP contribution in [0.1, 0.15) is 43.0 Å². The van der Waals surface area contributed by atoms with Crippen LogP contribution in [-0.4, -0.2) is 56.2 Å². The lowest BCUT2D eigenvalue weighted by Crippen LogP contribution is -2.30. The van der Waals surface area contributed by atoms with E-state index in [2.05, 4.69) is 33.4 Å². The van der Waals surface area contributed by atoms with Gasteiger partial charge in [-0.3, -0.25) is 4.79 Å². The summed E-state index contributed by atoms with van der Waals surface area (Å²) in [5.41, 5.74) is 9.28. The first-order valence-electron chi connectivity index (χ1n) is 11.0. The minimum atomic E-state index is -0.235. The number of likely N-dealkylation sites (N-methyl/N-ethyl adjacent to an activating group) is 1. The molecular formula is C22H28N8O2. The molecule has 10 nitrogen and oxygen atoms in total. The predicted molar refractivity (Wildman–Crippen MR) is 120 cm³/mol. The van der Waals surface area contributed by atoms with Crippen molar-refractivity contribution in [2.45, 2.75) is 44.7 Å². The lowest BCUT2D eigenvalue weighted by molar-refractivity contribution is -0.123. The number of ether oxygens (including phenoxy) is 1. The van der Waals surface area contributed by atoms with Crippen LogP contribution in [0.2, 0.25) is 0 Å². The number of hydrogen-bond acceptors (Lipinski definition) is 8. The minimum absolute atomic E-state index is 0.0944. The molecule has 0 spiro atoms. The average molecular weight is 437 g/mol. The summed E-state index contributed by atoms with van der Waals surface area (Å²) in [6.07, 6.45) is 7.85. The van der Waals surface area contributed by atoms with Gasteiger partial charge in [0.05, 0.1) is 30.4 Å². The minimum Gasteiger partial charge on any atom is -0.480 e. The zero-order valence-electron chi connectivity index (χ0n) is 18.4. The summed E-state index contributed by atoms with van der Waals surface area (Å²) in [6.45, 7) is 1.83. The molecule has 0 aromatic carbocycles. The molecule has 10 heteroatoms. The number of nitrogens with zero attached hydrogens (tertiary/aromatic N) is 6.